The van der Waals surface area contributed by atoms with Gasteiger partial charge in [-0.05, 0) is 44.9 Å². The molecule has 1 amide bonds. The van der Waals surface area contributed by atoms with E-state index in [2.05, 4.69) is 15.3 Å². The van der Waals surface area contributed by atoms with Gasteiger partial charge in [-0.25, -0.2) is 18.1 Å². The van der Waals surface area contributed by atoms with Crippen LogP contribution in [-0.4, -0.2) is 74.3 Å². The van der Waals surface area contributed by atoms with Crippen molar-refractivity contribution in [3.05, 3.63) is 24.4 Å². The Bertz CT molecular complexity index is 1020. The van der Waals surface area contributed by atoms with Crippen LogP contribution in [0.4, 0.5) is 0 Å². The zero-order chi connectivity index (χ0) is 21.5. The summed E-state index contributed by atoms with van der Waals surface area (Å²) >= 11 is 0. The molecule has 3 heterocycles. The fourth-order valence-corrected chi connectivity index (χ4v) is 6.11. The molecule has 164 valence electrons. The number of piperidine rings is 1. The third-order valence-corrected chi connectivity index (χ3v) is 8.51. The molecule has 1 aliphatic carbocycles. The molecule has 1 spiro atoms. The van der Waals surface area contributed by atoms with E-state index in [4.69, 9.17) is 0 Å². The molecule has 1 atom stereocenters. The van der Waals surface area contributed by atoms with E-state index in [0.29, 0.717) is 31.9 Å². The van der Waals surface area contributed by atoms with Crippen LogP contribution < -0.4 is 0 Å². The molecule has 1 aliphatic heterocycles. The van der Waals surface area contributed by atoms with Crippen LogP contribution in [0.1, 0.15) is 56.1 Å². The number of imidazole rings is 1. The summed E-state index contributed by atoms with van der Waals surface area (Å²) in [4.78, 5) is 18.3. The first kappa shape index (κ1) is 21.0. The Balaban J connectivity index is 1.45. The van der Waals surface area contributed by atoms with Gasteiger partial charge in [0.2, 0.25) is 0 Å². The van der Waals surface area contributed by atoms with Gasteiger partial charge in [-0.3, -0.25) is 4.79 Å². The zero-order valence-corrected chi connectivity index (χ0v) is 18.5. The Hall–Kier alpha value is -2.27. The monoisotopic (exact) mass is 435 g/mol. The van der Waals surface area contributed by atoms with Gasteiger partial charge in [-0.2, -0.15) is 4.31 Å². The highest BCUT2D eigenvalue weighted by Gasteiger charge is 2.51. The Kier molecular flexibility index (Phi) is 5.43. The number of nitrogens with zero attached hydrogens (tertiary/aromatic N) is 7. The van der Waals surface area contributed by atoms with Crippen molar-refractivity contribution < 1.29 is 13.2 Å². The van der Waals surface area contributed by atoms with Crippen molar-refractivity contribution >= 4 is 15.9 Å². The lowest BCUT2D eigenvalue weighted by molar-refractivity contribution is -0.0160. The van der Waals surface area contributed by atoms with E-state index in [1.165, 1.54) is 16.8 Å². The van der Waals surface area contributed by atoms with Gasteiger partial charge in [0, 0.05) is 39.4 Å². The molecule has 2 aliphatic rings. The van der Waals surface area contributed by atoms with Crippen molar-refractivity contribution in [2.75, 3.05) is 26.2 Å². The number of amides is 1. The molecule has 2 fully saturated rings. The summed E-state index contributed by atoms with van der Waals surface area (Å²) in [6, 6.07) is 0.156. The van der Waals surface area contributed by atoms with E-state index in [1.54, 1.807) is 22.7 Å². The van der Waals surface area contributed by atoms with Crippen LogP contribution in [0.2, 0.25) is 0 Å². The topological polar surface area (TPSA) is 106 Å². The third kappa shape index (κ3) is 3.43. The SMILES string of the molecule is CCN(CC)C(=O)c1cn(C2CCC23CCN(S(=O)(=O)c2cn(C)cn2)CC3)nn1. The Morgan fingerprint density at radius 1 is 1.20 bits per heavy atom. The average molecular weight is 436 g/mol. The summed E-state index contributed by atoms with van der Waals surface area (Å²) in [7, 11) is -1.81. The molecule has 2 aromatic rings. The molecule has 0 N–H and O–H groups in total. The van der Waals surface area contributed by atoms with Crippen molar-refractivity contribution in [3.63, 3.8) is 0 Å². The van der Waals surface area contributed by atoms with E-state index < -0.39 is 10.0 Å². The molecule has 0 bridgehead atoms. The van der Waals surface area contributed by atoms with Gasteiger partial charge >= 0.3 is 0 Å². The number of rotatable bonds is 6. The van der Waals surface area contributed by atoms with Gasteiger partial charge < -0.3 is 9.47 Å². The molecule has 2 aromatic heterocycles. The number of hydrogen-bond acceptors (Lipinski definition) is 6. The largest absolute Gasteiger partial charge is 0.339 e. The Morgan fingerprint density at radius 3 is 2.43 bits per heavy atom. The van der Waals surface area contributed by atoms with Gasteiger partial charge in [-0.15, -0.1) is 5.10 Å². The molecule has 1 unspecified atom stereocenters. The summed E-state index contributed by atoms with van der Waals surface area (Å²) in [5.41, 5.74) is 0.384. The minimum Gasteiger partial charge on any atom is -0.339 e. The predicted octanol–water partition coefficient (Wildman–Crippen LogP) is 1.30. The smallest absolute Gasteiger partial charge is 0.276 e. The molecular weight excluding hydrogens is 406 g/mol. The average Bonchev–Trinajstić information content (AvgIpc) is 3.38. The molecule has 0 aromatic carbocycles. The number of aromatic nitrogens is 5. The first-order valence-corrected chi connectivity index (χ1v) is 11.9. The lowest BCUT2D eigenvalue weighted by Gasteiger charge is -2.53. The lowest BCUT2D eigenvalue weighted by atomic mass is 9.59. The maximum absolute atomic E-state index is 12.8. The quantitative estimate of drug-likeness (QED) is 0.677. The summed E-state index contributed by atoms with van der Waals surface area (Å²) in [5, 5.41) is 8.47. The van der Waals surface area contributed by atoms with Gasteiger partial charge in [0.15, 0.2) is 10.7 Å². The maximum Gasteiger partial charge on any atom is 0.276 e. The summed E-state index contributed by atoms with van der Waals surface area (Å²) < 4.78 is 30.7. The molecule has 30 heavy (non-hydrogen) atoms. The van der Waals surface area contributed by atoms with Crippen LogP contribution in [0.25, 0.3) is 0 Å². The minimum absolute atomic E-state index is 0.0132. The first-order valence-electron chi connectivity index (χ1n) is 10.5. The molecule has 0 radical (unpaired) electrons. The molecule has 11 heteroatoms. The summed E-state index contributed by atoms with van der Waals surface area (Å²) in [6.45, 7) is 6.09. The Morgan fingerprint density at radius 2 is 1.90 bits per heavy atom. The van der Waals surface area contributed by atoms with Crippen LogP contribution in [0.15, 0.2) is 23.7 Å². The van der Waals surface area contributed by atoms with Gasteiger partial charge in [0.1, 0.15) is 0 Å². The predicted molar refractivity (Wildman–Crippen MR) is 109 cm³/mol. The highest BCUT2D eigenvalue weighted by atomic mass is 32.2. The lowest BCUT2D eigenvalue weighted by Crippen LogP contribution is -2.51. The van der Waals surface area contributed by atoms with Crippen LogP contribution in [-0.2, 0) is 17.1 Å². The van der Waals surface area contributed by atoms with Crippen molar-refractivity contribution in [1.82, 2.24) is 33.8 Å². The van der Waals surface area contributed by atoms with Crippen LogP contribution in [0, 0.1) is 5.41 Å². The van der Waals surface area contributed by atoms with Crippen molar-refractivity contribution in [2.45, 2.75) is 50.6 Å². The molecule has 4 rings (SSSR count). The van der Waals surface area contributed by atoms with Crippen molar-refractivity contribution in [1.29, 1.82) is 0 Å². The first-order chi connectivity index (χ1) is 14.3. The van der Waals surface area contributed by atoms with Gasteiger partial charge in [0.25, 0.3) is 15.9 Å². The second kappa shape index (κ2) is 7.77. The Labute approximate surface area is 176 Å². The minimum atomic E-state index is -3.56. The van der Waals surface area contributed by atoms with E-state index in [1.807, 2.05) is 18.5 Å². The van der Waals surface area contributed by atoms with Gasteiger partial charge in [-0.1, -0.05) is 5.21 Å². The zero-order valence-electron chi connectivity index (χ0n) is 17.7. The van der Waals surface area contributed by atoms with Crippen LogP contribution >= 0.6 is 0 Å². The standard InChI is InChI=1S/C19H29N7O3S/c1-4-24(5-2)18(27)15-12-26(22-21-15)16-6-7-19(16)8-10-25(11-9-19)30(28,29)17-13-23(3)14-20-17/h12-14,16H,4-11H2,1-3H3. The maximum atomic E-state index is 12.8. The summed E-state index contributed by atoms with van der Waals surface area (Å²) in [6.07, 6.45) is 8.33. The fourth-order valence-electron chi connectivity index (χ4n) is 4.70. The molecule has 1 saturated carbocycles. The van der Waals surface area contributed by atoms with E-state index in [9.17, 15) is 13.2 Å². The number of sulfonamides is 1. The number of hydrogen-bond donors (Lipinski definition) is 0. The third-order valence-electron chi connectivity index (χ3n) is 6.73. The van der Waals surface area contributed by atoms with Crippen molar-refractivity contribution in [2.24, 2.45) is 12.5 Å². The van der Waals surface area contributed by atoms with E-state index in [-0.39, 0.29) is 22.4 Å². The highest BCUT2D eigenvalue weighted by Crippen LogP contribution is 2.56. The number of aryl methyl sites for hydroxylation is 1. The highest BCUT2D eigenvalue weighted by molar-refractivity contribution is 7.89. The second-order valence-electron chi connectivity index (χ2n) is 8.26. The van der Waals surface area contributed by atoms with Crippen LogP contribution in [0.3, 0.4) is 0 Å². The fraction of sp³-hybridized carbons (Fsp3) is 0.684. The number of carbonyl (C=O) groups is 1. The van der Waals surface area contributed by atoms with Gasteiger partial charge in [0.05, 0.1) is 18.6 Å². The number of carbonyl (C=O) groups excluding carboxylic acids is 1. The molecular formula is C19H29N7O3S. The van der Waals surface area contributed by atoms with E-state index in [0.717, 1.165) is 25.7 Å². The van der Waals surface area contributed by atoms with Crippen molar-refractivity contribution in [3.8, 4) is 0 Å². The molecule has 10 nitrogen and oxygen atoms in total. The summed E-state index contributed by atoms with van der Waals surface area (Å²) in [5.74, 6) is -0.101. The second-order valence-corrected chi connectivity index (χ2v) is 10.1. The van der Waals surface area contributed by atoms with E-state index >= 15 is 0 Å². The molecule has 1 saturated heterocycles. The van der Waals surface area contributed by atoms with Crippen LogP contribution in [0.5, 0.6) is 0 Å². The normalized spacial score (nSPS) is 21.5.